The predicted molar refractivity (Wildman–Crippen MR) is 127 cm³/mol. The summed E-state index contributed by atoms with van der Waals surface area (Å²) in [6, 6.07) is 15.1. The van der Waals surface area contributed by atoms with Crippen LogP contribution >= 0.6 is 0 Å². The fourth-order valence-electron chi connectivity index (χ4n) is 4.83. The number of rotatable bonds is 6. The van der Waals surface area contributed by atoms with E-state index in [0.717, 1.165) is 29.8 Å². The number of halogens is 10. The lowest BCUT2D eigenvalue weighted by Crippen LogP contribution is -2.50. The third-order valence-corrected chi connectivity index (χ3v) is 8.84. The van der Waals surface area contributed by atoms with Crippen LogP contribution in [0, 0.1) is 0 Å². The molecule has 3 aromatic rings. The van der Waals surface area contributed by atoms with Gasteiger partial charge in [-0.15, -0.1) is 0 Å². The van der Waals surface area contributed by atoms with E-state index in [1.165, 1.54) is 6.07 Å². The second-order valence-electron chi connectivity index (χ2n) is 9.47. The fourth-order valence-corrected chi connectivity index (χ4v) is 6.65. The molecule has 4 rings (SSSR count). The highest BCUT2D eigenvalue weighted by molar-refractivity contribution is 7.92. The minimum atomic E-state index is -6.31. The molecule has 0 saturated carbocycles. The number of hydrogen-bond donors (Lipinski definition) is 0. The normalized spacial score (nSPS) is 20.1. The molecule has 13 heteroatoms. The van der Waals surface area contributed by atoms with E-state index in [2.05, 4.69) is 0 Å². The largest absolute Gasteiger partial charge is 0.611 e. The van der Waals surface area contributed by atoms with Crippen molar-refractivity contribution in [2.45, 2.75) is 46.8 Å². The molecule has 1 fully saturated rings. The molecule has 0 aliphatic carbocycles. The van der Waals surface area contributed by atoms with Gasteiger partial charge in [0.25, 0.3) is 0 Å². The van der Waals surface area contributed by atoms with Gasteiger partial charge in [-0.2, -0.15) is 39.5 Å². The average Bonchev–Trinajstić information content (AvgIpc) is 3.31. The van der Waals surface area contributed by atoms with Crippen LogP contribution in [0.5, 0.6) is 0 Å². The SMILES string of the molecule is [O-][S+](c1cccc(C(F)(F)F)c1)C1(c2ccc(C(F)(C(F)(F)F)C(F)(F)F)cc2)CCN(Cc2ccccc2)C1. The molecule has 216 valence electrons. The summed E-state index contributed by atoms with van der Waals surface area (Å²) < 4.78 is 147. The molecule has 0 aromatic heterocycles. The Labute approximate surface area is 225 Å². The summed E-state index contributed by atoms with van der Waals surface area (Å²) in [4.78, 5) is 1.62. The van der Waals surface area contributed by atoms with Crippen LogP contribution in [0.1, 0.15) is 28.7 Å². The van der Waals surface area contributed by atoms with Gasteiger partial charge in [0.15, 0.2) is 9.64 Å². The highest BCUT2D eigenvalue weighted by Crippen LogP contribution is 2.54. The standard InChI is InChI=1S/C27H21F10NOS/c28-24(26(32,33)34,27(35,36)37)20-11-9-19(10-12-20)23(13-14-38(17-23)16-18-5-2-1-3-6-18)40(39)22-8-4-7-21(15-22)25(29,30)31/h1-12,15H,13-14,16-17H2. The van der Waals surface area contributed by atoms with Crippen LogP contribution in [0.15, 0.2) is 83.8 Å². The van der Waals surface area contributed by atoms with Crippen LogP contribution in [-0.2, 0) is 34.3 Å². The molecule has 2 nitrogen and oxygen atoms in total. The summed E-state index contributed by atoms with van der Waals surface area (Å²) in [5.41, 5.74) is -7.57. The minimum absolute atomic E-state index is 0.00857. The molecule has 0 N–H and O–H groups in total. The number of benzene rings is 3. The van der Waals surface area contributed by atoms with Crippen LogP contribution in [-0.4, -0.2) is 34.9 Å². The summed E-state index contributed by atoms with van der Waals surface area (Å²) in [7, 11) is 0. The molecule has 3 aromatic carbocycles. The van der Waals surface area contributed by atoms with Crippen LogP contribution in [0.4, 0.5) is 43.9 Å². The van der Waals surface area contributed by atoms with Crippen molar-refractivity contribution in [3.63, 3.8) is 0 Å². The fraction of sp³-hybridized carbons (Fsp3) is 0.333. The van der Waals surface area contributed by atoms with E-state index >= 15 is 0 Å². The van der Waals surface area contributed by atoms with Crippen molar-refractivity contribution in [3.05, 3.63) is 101 Å². The van der Waals surface area contributed by atoms with Gasteiger partial charge in [-0.05, 0) is 28.9 Å². The van der Waals surface area contributed by atoms with Gasteiger partial charge in [-0.3, -0.25) is 4.90 Å². The predicted octanol–water partition coefficient (Wildman–Crippen LogP) is 7.90. The second-order valence-corrected chi connectivity index (χ2v) is 11.3. The molecule has 0 spiro atoms. The van der Waals surface area contributed by atoms with Crippen LogP contribution < -0.4 is 0 Å². The lowest BCUT2D eigenvalue weighted by atomic mass is 9.90. The van der Waals surface area contributed by atoms with Crippen LogP contribution in [0.2, 0.25) is 0 Å². The van der Waals surface area contributed by atoms with Gasteiger partial charge in [0.2, 0.25) is 0 Å². The van der Waals surface area contributed by atoms with Gasteiger partial charge in [0, 0.05) is 36.7 Å². The molecule has 1 heterocycles. The minimum Gasteiger partial charge on any atom is -0.611 e. The van der Waals surface area contributed by atoms with E-state index in [-0.39, 0.29) is 30.0 Å². The number of likely N-dealkylation sites (tertiary alicyclic amines) is 1. The topological polar surface area (TPSA) is 26.3 Å². The summed E-state index contributed by atoms with van der Waals surface area (Å²) in [5.74, 6) is 0. The molecule has 0 bridgehead atoms. The van der Waals surface area contributed by atoms with Gasteiger partial charge in [-0.1, -0.05) is 60.7 Å². The molecule has 2 atom stereocenters. The summed E-state index contributed by atoms with van der Waals surface area (Å²) >= 11 is -2.23. The molecular formula is C27H21F10NOS. The molecular weight excluding hydrogens is 576 g/mol. The third kappa shape index (κ3) is 5.55. The Bertz CT molecular complexity index is 1290. The van der Waals surface area contributed by atoms with Crippen molar-refractivity contribution in [1.82, 2.24) is 4.90 Å². The van der Waals surface area contributed by atoms with Crippen molar-refractivity contribution in [2.24, 2.45) is 0 Å². The molecule has 40 heavy (non-hydrogen) atoms. The molecule has 0 radical (unpaired) electrons. The Hall–Kier alpha value is -2.77. The summed E-state index contributed by atoms with van der Waals surface area (Å²) in [6.45, 7) is 0.582. The molecule has 1 saturated heterocycles. The van der Waals surface area contributed by atoms with E-state index in [4.69, 9.17) is 0 Å². The smallest absolute Gasteiger partial charge is 0.435 e. The monoisotopic (exact) mass is 597 g/mol. The zero-order valence-corrected chi connectivity index (χ0v) is 21.2. The quantitative estimate of drug-likeness (QED) is 0.213. The van der Waals surface area contributed by atoms with E-state index < -0.39 is 51.2 Å². The first-order valence-electron chi connectivity index (χ1n) is 11.8. The lowest BCUT2D eigenvalue weighted by molar-refractivity contribution is -0.348. The highest BCUT2D eigenvalue weighted by Gasteiger charge is 2.73. The van der Waals surface area contributed by atoms with Gasteiger partial charge in [0.05, 0.1) is 12.1 Å². The highest BCUT2D eigenvalue weighted by atomic mass is 32.2. The Morgan fingerprint density at radius 3 is 1.88 bits per heavy atom. The van der Waals surface area contributed by atoms with Crippen LogP contribution in [0.25, 0.3) is 0 Å². The maximum atomic E-state index is 14.6. The van der Waals surface area contributed by atoms with E-state index in [1.54, 1.807) is 18.2 Å². The van der Waals surface area contributed by atoms with Gasteiger partial charge >= 0.3 is 24.2 Å². The summed E-state index contributed by atoms with van der Waals surface area (Å²) in [5, 5.41) is 0. The molecule has 1 aliphatic rings. The van der Waals surface area contributed by atoms with Gasteiger partial charge < -0.3 is 4.55 Å². The zero-order chi connectivity index (χ0) is 29.6. The zero-order valence-electron chi connectivity index (χ0n) is 20.4. The van der Waals surface area contributed by atoms with Crippen molar-refractivity contribution in [3.8, 4) is 0 Å². The molecule has 0 amide bonds. The lowest BCUT2D eigenvalue weighted by Gasteiger charge is -2.34. The van der Waals surface area contributed by atoms with Crippen molar-refractivity contribution < 1.29 is 48.5 Å². The Balaban J connectivity index is 1.77. The Morgan fingerprint density at radius 1 is 0.725 bits per heavy atom. The first kappa shape index (κ1) is 30.2. The maximum Gasteiger partial charge on any atom is 0.435 e. The Kier molecular flexibility index (Phi) is 7.98. The van der Waals surface area contributed by atoms with E-state index in [0.29, 0.717) is 24.7 Å². The third-order valence-electron chi connectivity index (χ3n) is 6.88. The number of nitrogens with zero attached hydrogens (tertiary/aromatic N) is 1. The van der Waals surface area contributed by atoms with Crippen molar-refractivity contribution in [2.75, 3.05) is 13.1 Å². The van der Waals surface area contributed by atoms with Gasteiger partial charge in [-0.25, -0.2) is 4.39 Å². The molecule has 2 unspecified atom stereocenters. The Morgan fingerprint density at radius 2 is 1.32 bits per heavy atom. The molecule has 1 aliphatic heterocycles. The van der Waals surface area contributed by atoms with E-state index in [9.17, 15) is 48.5 Å². The van der Waals surface area contributed by atoms with Crippen molar-refractivity contribution in [1.29, 1.82) is 0 Å². The van der Waals surface area contributed by atoms with Crippen LogP contribution in [0.3, 0.4) is 0 Å². The number of hydrogen-bond acceptors (Lipinski definition) is 2. The van der Waals surface area contributed by atoms with E-state index in [1.807, 2.05) is 17.0 Å². The second kappa shape index (κ2) is 10.6. The first-order valence-corrected chi connectivity index (χ1v) is 12.9. The summed E-state index contributed by atoms with van der Waals surface area (Å²) in [6.07, 6.45) is -17.3. The maximum absolute atomic E-state index is 14.6. The first-order chi connectivity index (χ1) is 18.5. The van der Waals surface area contributed by atoms with Crippen molar-refractivity contribution >= 4 is 11.2 Å². The average molecular weight is 598 g/mol. The van der Waals surface area contributed by atoms with Gasteiger partial charge in [0.1, 0.15) is 0 Å². The number of alkyl halides is 10.